The molecule has 0 radical (unpaired) electrons. The van der Waals surface area contributed by atoms with Crippen molar-refractivity contribution < 1.29 is 14.3 Å². The molecule has 0 N–H and O–H groups in total. The standard InChI is InChI=1S/C30H22N2O3/c1-34-26-13-24-25(14-27(26)35-2)31-15-21-12-20(16-32(21)30(24)33)22-10-8-19-7-6-17-4-3-5-18-9-11-23(22)29(19)28(17)18/h3-11,13-16,21H,12H2,1-2H3/t21-/m0/s1. The lowest BCUT2D eigenvalue weighted by atomic mass is 9.89. The molecular formula is C30H22N2O3. The molecule has 5 aromatic rings. The molecule has 170 valence electrons. The predicted octanol–water partition coefficient (Wildman–Crippen LogP) is 6.57. The van der Waals surface area contributed by atoms with Gasteiger partial charge in [-0.15, -0.1) is 0 Å². The molecule has 0 saturated carbocycles. The summed E-state index contributed by atoms with van der Waals surface area (Å²) in [4.78, 5) is 20.1. The summed E-state index contributed by atoms with van der Waals surface area (Å²) in [6.45, 7) is 0. The van der Waals surface area contributed by atoms with E-state index in [-0.39, 0.29) is 11.9 Å². The normalized spacial score (nSPS) is 17.1. The molecule has 2 heterocycles. The number of carbonyl (C=O) groups is 1. The second kappa shape index (κ2) is 7.31. The molecule has 0 unspecified atom stereocenters. The second-order valence-electron chi connectivity index (χ2n) is 9.11. The van der Waals surface area contributed by atoms with Gasteiger partial charge >= 0.3 is 0 Å². The molecule has 7 rings (SSSR count). The Labute approximate surface area is 202 Å². The van der Waals surface area contributed by atoms with Gasteiger partial charge in [-0.25, -0.2) is 0 Å². The average Bonchev–Trinajstić information content (AvgIpc) is 3.28. The lowest BCUT2D eigenvalue weighted by Crippen LogP contribution is -2.32. The fourth-order valence-corrected chi connectivity index (χ4v) is 5.62. The molecule has 2 aliphatic heterocycles. The number of hydrogen-bond donors (Lipinski definition) is 0. The monoisotopic (exact) mass is 458 g/mol. The summed E-state index contributed by atoms with van der Waals surface area (Å²) in [5, 5.41) is 7.51. The van der Waals surface area contributed by atoms with Crippen molar-refractivity contribution in [2.24, 2.45) is 4.99 Å². The van der Waals surface area contributed by atoms with Crippen LogP contribution in [0.3, 0.4) is 0 Å². The second-order valence-corrected chi connectivity index (χ2v) is 9.11. The van der Waals surface area contributed by atoms with Crippen LogP contribution in [0.25, 0.3) is 37.9 Å². The smallest absolute Gasteiger partial charge is 0.260 e. The van der Waals surface area contributed by atoms with E-state index >= 15 is 0 Å². The van der Waals surface area contributed by atoms with Crippen LogP contribution in [-0.4, -0.2) is 37.3 Å². The maximum absolute atomic E-state index is 13.6. The molecular weight excluding hydrogens is 436 g/mol. The van der Waals surface area contributed by atoms with Crippen molar-refractivity contribution in [2.75, 3.05) is 14.2 Å². The molecule has 35 heavy (non-hydrogen) atoms. The van der Waals surface area contributed by atoms with Crippen molar-refractivity contribution in [3.63, 3.8) is 0 Å². The fraction of sp³-hybridized carbons (Fsp3) is 0.133. The molecule has 1 atom stereocenters. The SMILES string of the molecule is COc1cc2c(cc1OC)C(=O)N1C=C(c3ccc4ccc5cccc6ccc3c4c56)C[C@H]1C=N2. The highest BCUT2D eigenvalue weighted by Gasteiger charge is 2.34. The first-order chi connectivity index (χ1) is 17.2. The van der Waals surface area contributed by atoms with Crippen LogP contribution >= 0.6 is 0 Å². The van der Waals surface area contributed by atoms with Crippen LogP contribution < -0.4 is 9.47 Å². The van der Waals surface area contributed by atoms with Crippen molar-refractivity contribution in [1.82, 2.24) is 4.90 Å². The van der Waals surface area contributed by atoms with Gasteiger partial charge in [-0.3, -0.25) is 9.79 Å². The van der Waals surface area contributed by atoms with Gasteiger partial charge in [-0.2, -0.15) is 0 Å². The van der Waals surface area contributed by atoms with Gasteiger partial charge in [0, 0.05) is 24.9 Å². The lowest BCUT2D eigenvalue weighted by Gasteiger charge is -2.18. The molecule has 0 saturated heterocycles. The lowest BCUT2D eigenvalue weighted by molar-refractivity contribution is 0.0817. The predicted molar refractivity (Wildman–Crippen MR) is 140 cm³/mol. The van der Waals surface area contributed by atoms with Gasteiger partial charge in [0.05, 0.1) is 31.5 Å². The summed E-state index contributed by atoms with van der Waals surface area (Å²) in [6.07, 6.45) is 4.58. The third-order valence-electron chi connectivity index (χ3n) is 7.31. The first kappa shape index (κ1) is 20.0. The summed E-state index contributed by atoms with van der Waals surface area (Å²) in [5.41, 5.74) is 3.41. The van der Waals surface area contributed by atoms with Gasteiger partial charge in [-0.1, -0.05) is 54.6 Å². The third kappa shape index (κ3) is 2.81. The summed E-state index contributed by atoms with van der Waals surface area (Å²) < 4.78 is 10.8. The number of nitrogens with zero attached hydrogens (tertiary/aromatic N) is 2. The molecule has 5 heteroatoms. The highest BCUT2D eigenvalue weighted by molar-refractivity contribution is 6.24. The average molecular weight is 459 g/mol. The molecule has 2 aliphatic rings. The summed E-state index contributed by atoms with van der Waals surface area (Å²) in [7, 11) is 3.15. The van der Waals surface area contributed by atoms with E-state index in [1.807, 2.05) is 12.4 Å². The number of hydrogen-bond acceptors (Lipinski definition) is 4. The summed E-state index contributed by atoms with van der Waals surface area (Å²) >= 11 is 0. The molecule has 0 aromatic heterocycles. The Morgan fingerprint density at radius 3 is 2.29 bits per heavy atom. The Morgan fingerprint density at radius 2 is 1.51 bits per heavy atom. The van der Waals surface area contributed by atoms with Gasteiger partial charge in [0.15, 0.2) is 11.5 Å². The zero-order chi connectivity index (χ0) is 23.7. The van der Waals surface area contributed by atoms with E-state index in [0.717, 1.165) is 11.1 Å². The number of benzene rings is 5. The zero-order valence-electron chi connectivity index (χ0n) is 19.4. The van der Waals surface area contributed by atoms with Crippen molar-refractivity contribution in [2.45, 2.75) is 12.5 Å². The molecule has 1 amide bonds. The maximum Gasteiger partial charge on any atom is 0.260 e. The van der Waals surface area contributed by atoms with E-state index in [2.05, 4.69) is 59.6 Å². The van der Waals surface area contributed by atoms with Crippen molar-refractivity contribution >= 4 is 55.7 Å². The minimum atomic E-state index is -0.138. The Morgan fingerprint density at radius 1 is 0.829 bits per heavy atom. The van der Waals surface area contributed by atoms with Crippen LogP contribution in [0.15, 0.2) is 77.9 Å². The van der Waals surface area contributed by atoms with Gasteiger partial charge in [0.1, 0.15) is 0 Å². The Kier molecular flexibility index (Phi) is 4.18. The van der Waals surface area contributed by atoms with Gasteiger partial charge < -0.3 is 14.4 Å². The van der Waals surface area contributed by atoms with E-state index in [1.54, 1.807) is 31.3 Å². The Bertz CT molecular complexity index is 1720. The molecule has 0 spiro atoms. The van der Waals surface area contributed by atoms with Crippen molar-refractivity contribution in [1.29, 1.82) is 0 Å². The number of rotatable bonds is 3. The minimum absolute atomic E-state index is 0.0869. The van der Waals surface area contributed by atoms with E-state index in [1.165, 1.54) is 32.3 Å². The quantitative estimate of drug-likeness (QED) is 0.287. The van der Waals surface area contributed by atoms with E-state index in [4.69, 9.17) is 9.47 Å². The minimum Gasteiger partial charge on any atom is -0.493 e. The highest BCUT2D eigenvalue weighted by Crippen LogP contribution is 2.42. The third-order valence-corrected chi connectivity index (χ3v) is 7.31. The summed E-state index contributed by atoms with van der Waals surface area (Å²) in [6, 6.07) is 23.0. The van der Waals surface area contributed by atoms with Crippen LogP contribution in [-0.2, 0) is 0 Å². The van der Waals surface area contributed by atoms with Crippen LogP contribution in [0.5, 0.6) is 11.5 Å². The van der Waals surface area contributed by atoms with Crippen LogP contribution in [0, 0.1) is 0 Å². The number of ether oxygens (including phenoxy) is 2. The Balaban J connectivity index is 1.37. The molecule has 0 bridgehead atoms. The number of amides is 1. The van der Waals surface area contributed by atoms with Crippen LogP contribution in [0.2, 0.25) is 0 Å². The number of aliphatic imine (C=N–C) groups is 1. The topological polar surface area (TPSA) is 51.1 Å². The van der Waals surface area contributed by atoms with Gasteiger partial charge in [0.2, 0.25) is 0 Å². The van der Waals surface area contributed by atoms with Crippen LogP contribution in [0.1, 0.15) is 22.3 Å². The first-order valence-corrected chi connectivity index (χ1v) is 11.7. The zero-order valence-corrected chi connectivity index (χ0v) is 19.4. The number of carbonyl (C=O) groups excluding carboxylic acids is 1. The number of methoxy groups -OCH3 is 2. The van der Waals surface area contributed by atoms with E-state index < -0.39 is 0 Å². The molecule has 0 fully saturated rings. The molecule has 5 nitrogen and oxygen atoms in total. The van der Waals surface area contributed by atoms with E-state index in [0.29, 0.717) is 29.2 Å². The van der Waals surface area contributed by atoms with Gasteiger partial charge in [0.25, 0.3) is 5.91 Å². The van der Waals surface area contributed by atoms with E-state index in [9.17, 15) is 4.79 Å². The van der Waals surface area contributed by atoms with Crippen LogP contribution in [0.4, 0.5) is 5.69 Å². The molecule has 0 aliphatic carbocycles. The van der Waals surface area contributed by atoms with Gasteiger partial charge in [-0.05, 0) is 49.5 Å². The fourth-order valence-electron chi connectivity index (χ4n) is 5.62. The summed E-state index contributed by atoms with van der Waals surface area (Å²) in [5.74, 6) is 0.989. The Hall–Kier alpha value is -4.38. The largest absolute Gasteiger partial charge is 0.493 e. The highest BCUT2D eigenvalue weighted by atomic mass is 16.5. The van der Waals surface area contributed by atoms with Crippen molar-refractivity contribution in [3.05, 3.63) is 84.1 Å². The maximum atomic E-state index is 13.6. The molecule has 5 aromatic carbocycles. The first-order valence-electron chi connectivity index (χ1n) is 11.7. The number of fused-ring (bicyclic) bond motifs is 2. The van der Waals surface area contributed by atoms with Crippen molar-refractivity contribution in [3.8, 4) is 11.5 Å².